The van der Waals surface area contributed by atoms with E-state index in [-0.39, 0.29) is 17.4 Å². The summed E-state index contributed by atoms with van der Waals surface area (Å²) < 4.78 is 0. The third-order valence-electron chi connectivity index (χ3n) is 4.33. The predicted molar refractivity (Wildman–Crippen MR) is 93.6 cm³/mol. The Balaban J connectivity index is 2.04. The maximum atomic E-state index is 11.9. The molecular weight excluding hydrogens is 306 g/mol. The molecule has 1 heterocycles. The van der Waals surface area contributed by atoms with Crippen LogP contribution in [0.5, 0.6) is 0 Å². The number of hydrogen-bond donors (Lipinski definition) is 2. The van der Waals surface area contributed by atoms with E-state index in [2.05, 4.69) is 10.3 Å². The van der Waals surface area contributed by atoms with Gasteiger partial charge in [-0.05, 0) is 51.0 Å². The van der Waals surface area contributed by atoms with Gasteiger partial charge in [0.25, 0.3) is 0 Å². The summed E-state index contributed by atoms with van der Waals surface area (Å²) >= 11 is 0. The number of pyridine rings is 1. The number of fused-ring (bicyclic) bond motifs is 1. The summed E-state index contributed by atoms with van der Waals surface area (Å²) in [4.78, 5) is 30.2. The SMILES string of the molecule is CCN(CC)c1cc(C(=O)O)c2cc(NC(=O)C3CC3)ccc2n1. The molecule has 0 saturated heterocycles. The maximum Gasteiger partial charge on any atom is 0.336 e. The molecule has 1 fully saturated rings. The molecule has 1 saturated carbocycles. The minimum absolute atomic E-state index is 0.000976. The standard InChI is InChI=1S/C18H21N3O3/c1-3-21(4-2)16-10-14(18(23)24)13-9-12(7-8-15(13)20-16)19-17(22)11-5-6-11/h7-11H,3-6H2,1-2H3,(H,19,22)(H,23,24). The van der Waals surface area contributed by atoms with Crippen LogP contribution < -0.4 is 10.2 Å². The molecule has 3 rings (SSSR count). The third kappa shape index (κ3) is 3.18. The molecule has 0 bridgehead atoms. The van der Waals surface area contributed by atoms with Gasteiger partial charge in [0.05, 0.1) is 11.1 Å². The lowest BCUT2D eigenvalue weighted by Crippen LogP contribution is -2.23. The highest BCUT2D eigenvalue weighted by Crippen LogP contribution is 2.31. The molecule has 0 aliphatic heterocycles. The Kier molecular flexibility index (Phi) is 4.38. The van der Waals surface area contributed by atoms with Crippen LogP contribution in [-0.2, 0) is 4.79 Å². The molecule has 1 amide bonds. The number of aromatic nitrogens is 1. The van der Waals surface area contributed by atoms with Gasteiger partial charge in [-0.15, -0.1) is 0 Å². The molecule has 126 valence electrons. The quantitative estimate of drug-likeness (QED) is 0.852. The average molecular weight is 327 g/mol. The average Bonchev–Trinajstić information content (AvgIpc) is 3.40. The fraction of sp³-hybridized carbons (Fsp3) is 0.389. The van der Waals surface area contributed by atoms with E-state index in [4.69, 9.17) is 0 Å². The normalized spacial score (nSPS) is 13.8. The predicted octanol–water partition coefficient (Wildman–Crippen LogP) is 3.13. The molecule has 1 aliphatic rings. The first-order valence-corrected chi connectivity index (χ1v) is 8.27. The zero-order valence-corrected chi connectivity index (χ0v) is 13.9. The second-order valence-corrected chi connectivity index (χ2v) is 6.00. The monoisotopic (exact) mass is 327 g/mol. The summed E-state index contributed by atoms with van der Waals surface area (Å²) in [6.07, 6.45) is 1.85. The van der Waals surface area contributed by atoms with Crippen molar-refractivity contribution in [2.24, 2.45) is 5.92 Å². The Bertz CT molecular complexity index is 795. The van der Waals surface area contributed by atoms with Crippen LogP contribution in [0, 0.1) is 5.92 Å². The van der Waals surface area contributed by atoms with Crippen LogP contribution in [0.15, 0.2) is 24.3 Å². The maximum absolute atomic E-state index is 11.9. The number of carbonyl (C=O) groups is 2. The molecule has 2 aromatic rings. The fourth-order valence-corrected chi connectivity index (χ4v) is 2.77. The van der Waals surface area contributed by atoms with E-state index in [1.807, 2.05) is 18.7 Å². The van der Waals surface area contributed by atoms with Gasteiger partial charge >= 0.3 is 5.97 Å². The van der Waals surface area contributed by atoms with Crippen molar-refractivity contribution in [3.05, 3.63) is 29.8 Å². The summed E-state index contributed by atoms with van der Waals surface area (Å²) in [6.45, 7) is 5.52. The molecule has 0 radical (unpaired) electrons. The van der Waals surface area contributed by atoms with Crippen LogP contribution in [0.3, 0.4) is 0 Å². The van der Waals surface area contributed by atoms with Gasteiger partial charge in [-0.25, -0.2) is 9.78 Å². The Morgan fingerprint density at radius 3 is 2.54 bits per heavy atom. The second-order valence-electron chi connectivity index (χ2n) is 6.00. The Labute approximate surface area is 140 Å². The number of anilines is 2. The molecule has 0 unspecified atom stereocenters. The summed E-state index contributed by atoms with van der Waals surface area (Å²) in [6, 6.07) is 6.83. The van der Waals surface area contributed by atoms with Crippen LogP contribution in [-0.4, -0.2) is 35.1 Å². The van der Waals surface area contributed by atoms with Gasteiger partial charge in [-0.1, -0.05) is 0 Å². The summed E-state index contributed by atoms with van der Waals surface area (Å²) in [5.74, 6) is -0.247. The highest BCUT2D eigenvalue weighted by molar-refractivity contribution is 6.05. The lowest BCUT2D eigenvalue weighted by Gasteiger charge is -2.21. The molecule has 1 aromatic carbocycles. The van der Waals surface area contributed by atoms with E-state index < -0.39 is 5.97 Å². The van der Waals surface area contributed by atoms with Crippen LogP contribution in [0.25, 0.3) is 10.9 Å². The number of amides is 1. The van der Waals surface area contributed by atoms with Crippen molar-refractivity contribution in [2.45, 2.75) is 26.7 Å². The number of hydrogen-bond acceptors (Lipinski definition) is 4. The van der Waals surface area contributed by atoms with E-state index in [1.165, 1.54) is 0 Å². The van der Waals surface area contributed by atoms with Crippen molar-refractivity contribution in [3.8, 4) is 0 Å². The molecule has 1 aliphatic carbocycles. The zero-order valence-electron chi connectivity index (χ0n) is 13.9. The summed E-state index contributed by atoms with van der Waals surface area (Å²) in [7, 11) is 0. The van der Waals surface area contributed by atoms with Gasteiger partial charge in [0.2, 0.25) is 5.91 Å². The van der Waals surface area contributed by atoms with Crippen molar-refractivity contribution >= 4 is 34.3 Å². The Morgan fingerprint density at radius 2 is 1.96 bits per heavy atom. The number of carboxylic acid groups (broad SMARTS) is 1. The summed E-state index contributed by atoms with van der Waals surface area (Å²) in [5.41, 5.74) is 1.42. The number of benzene rings is 1. The van der Waals surface area contributed by atoms with E-state index in [1.54, 1.807) is 24.3 Å². The molecule has 24 heavy (non-hydrogen) atoms. The largest absolute Gasteiger partial charge is 0.478 e. The number of rotatable bonds is 6. The summed E-state index contributed by atoms with van der Waals surface area (Å²) in [5, 5.41) is 13.0. The van der Waals surface area contributed by atoms with Gasteiger partial charge in [-0.3, -0.25) is 4.79 Å². The first-order chi connectivity index (χ1) is 11.5. The number of carbonyl (C=O) groups excluding carboxylic acids is 1. The topological polar surface area (TPSA) is 82.5 Å². The highest BCUT2D eigenvalue weighted by atomic mass is 16.4. The Morgan fingerprint density at radius 1 is 1.25 bits per heavy atom. The van der Waals surface area contributed by atoms with Crippen molar-refractivity contribution in [1.29, 1.82) is 0 Å². The van der Waals surface area contributed by atoms with Crippen molar-refractivity contribution in [2.75, 3.05) is 23.3 Å². The zero-order chi connectivity index (χ0) is 17.3. The van der Waals surface area contributed by atoms with E-state index in [9.17, 15) is 14.7 Å². The first-order valence-electron chi connectivity index (χ1n) is 8.27. The molecule has 6 nitrogen and oxygen atoms in total. The van der Waals surface area contributed by atoms with Gasteiger partial charge in [-0.2, -0.15) is 0 Å². The van der Waals surface area contributed by atoms with Crippen LogP contribution in [0.1, 0.15) is 37.0 Å². The van der Waals surface area contributed by atoms with E-state index >= 15 is 0 Å². The molecule has 0 atom stereocenters. The smallest absolute Gasteiger partial charge is 0.336 e. The lowest BCUT2D eigenvalue weighted by atomic mass is 10.1. The second kappa shape index (κ2) is 6.47. The van der Waals surface area contributed by atoms with Gasteiger partial charge in [0.1, 0.15) is 5.82 Å². The Hall–Kier alpha value is -2.63. The van der Waals surface area contributed by atoms with E-state index in [0.717, 1.165) is 25.9 Å². The van der Waals surface area contributed by atoms with Crippen molar-refractivity contribution in [1.82, 2.24) is 4.98 Å². The van der Waals surface area contributed by atoms with Crippen LogP contribution >= 0.6 is 0 Å². The number of carboxylic acids is 1. The minimum atomic E-state index is -0.999. The van der Waals surface area contributed by atoms with Gasteiger partial charge < -0.3 is 15.3 Å². The van der Waals surface area contributed by atoms with Gasteiger partial charge in [0.15, 0.2) is 0 Å². The molecule has 0 spiro atoms. The molecular formula is C18H21N3O3. The first kappa shape index (κ1) is 16.2. The fourth-order valence-electron chi connectivity index (χ4n) is 2.77. The number of aromatic carboxylic acids is 1. The highest BCUT2D eigenvalue weighted by Gasteiger charge is 2.29. The number of nitrogens with zero attached hydrogens (tertiary/aromatic N) is 2. The van der Waals surface area contributed by atoms with E-state index in [0.29, 0.717) is 22.4 Å². The van der Waals surface area contributed by atoms with Crippen LogP contribution in [0.4, 0.5) is 11.5 Å². The lowest BCUT2D eigenvalue weighted by molar-refractivity contribution is -0.117. The van der Waals surface area contributed by atoms with Crippen molar-refractivity contribution < 1.29 is 14.7 Å². The van der Waals surface area contributed by atoms with Crippen molar-refractivity contribution in [3.63, 3.8) is 0 Å². The van der Waals surface area contributed by atoms with Gasteiger partial charge in [0, 0.05) is 30.1 Å². The number of nitrogens with one attached hydrogen (secondary N) is 1. The molecule has 1 aromatic heterocycles. The third-order valence-corrected chi connectivity index (χ3v) is 4.33. The minimum Gasteiger partial charge on any atom is -0.478 e. The molecule has 2 N–H and O–H groups in total. The molecule has 6 heteroatoms. The van der Waals surface area contributed by atoms with Crippen LogP contribution in [0.2, 0.25) is 0 Å².